The molecule has 178 valence electrons. The first-order valence-electron chi connectivity index (χ1n) is 11.3. The first-order valence-corrected chi connectivity index (χ1v) is 14.2. The lowest BCUT2D eigenvalue weighted by atomic mass is 10.0. The molecule has 2 aliphatic rings. The van der Waals surface area contributed by atoms with Crippen molar-refractivity contribution < 1.29 is 21.2 Å². The first kappa shape index (κ1) is 24.1. The van der Waals surface area contributed by atoms with Gasteiger partial charge in [-0.2, -0.15) is 8.61 Å². The smallest absolute Gasteiger partial charge is 0.207 e. The van der Waals surface area contributed by atoms with Crippen molar-refractivity contribution in [2.24, 2.45) is 0 Å². The van der Waals surface area contributed by atoms with Crippen LogP contribution in [0.1, 0.15) is 44.6 Å². The van der Waals surface area contributed by atoms with E-state index >= 15 is 0 Å². The maximum atomic E-state index is 13.2. The van der Waals surface area contributed by atoms with Gasteiger partial charge in [-0.25, -0.2) is 21.2 Å². The van der Waals surface area contributed by atoms with E-state index in [-0.39, 0.29) is 28.2 Å². The van der Waals surface area contributed by atoms with Crippen LogP contribution in [0.2, 0.25) is 0 Å². The zero-order chi connectivity index (χ0) is 23.6. The monoisotopic (exact) mass is 492 g/mol. The average molecular weight is 493 g/mol. The van der Waals surface area contributed by atoms with E-state index in [0.717, 1.165) is 36.8 Å². The van der Waals surface area contributed by atoms with Gasteiger partial charge in [0.15, 0.2) is 0 Å². The van der Waals surface area contributed by atoms with Gasteiger partial charge >= 0.3 is 0 Å². The Kier molecular flexibility index (Phi) is 7.04. The Bertz CT molecular complexity index is 1220. The van der Waals surface area contributed by atoms with Crippen LogP contribution in [-0.4, -0.2) is 51.1 Å². The van der Waals surface area contributed by atoms with Gasteiger partial charge in [0.2, 0.25) is 20.0 Å². The molecule has 0 N–H and O–H groups in total. The van der Waals surface area contributed by atoms with Gasteiger partial charge in [0, 0.05) is 25.7 Å². The van der Waals surface area contributed by atoms with E-state index in [9.17, 15) is 21.2 Å². The van der Waals surface area contributed by atoms with E-state index in [2.05, 4.69) is 0 Å². The van der Waals surface area contributed by atoms with Crippen molar-refractivity contribution in [3.63, 3.8) is 0 Å². The number of benzene rings is 2. The second-order valence-corrected chi connectivity index (χ2v) is 12.3. The van der Waals surface area contributed by atoms with Gasteiger partial charge in [0.05, 0.1) is 9.79 Å². The number of nitrogens with zero attached hydrogens (tertiary/aromatic N) is 2. The minimum absolute atomic E-state index is 0.0115. The molecule has 1 fully saturated rings. The van der Waals surface area contributed by atoms with Crippen molar-refractivity contribution in [2.75, 3.05) is 19.6 Å². The summed E-state index contributed by atoms with van der Waals surface area (Å²) in [5.74, 6) is -0.310. The third kappa shape index (κ3) is 4.91. The highest BCUT2D eigenvalue weighted by molar-refractivity contribution is 7.89. The van der Waals surface area contributed by atoms with E-state index in [4.69, 9.17) is 0 Å². The van der Waals surface area contributed by atoms with Gasteiger partial charge in [-0.15, -0.1) is 0 Å². The fraction of sp³-hybridized carbons (Fsp3) is 0.417. The van der Waals surface area contributed by atoms with E-state index < -0.39 is 20.0 Å². The summed E-state index contributed by atoms with van der Waals surface area (Å²) >= 11 is 0. The fourth-order valence-electron chi connectivity index (χ4n) is 4.56. The average Bonchev–Trinajstić information content (AvgIpc) is 2.84. The van der Waals surface area contributed by atoms with E-state index in [1.54, 1.807) is 16.4 Å². The number of rotatable bonds is 6. The van der Waals surface area contributed by atoms with Crippen molar-refractivity contribution in [1.29, 1.82) is 0 Å². The molecule has 0 aliphatic carbocycles. The predicted octanol–water partition coefficient (Wildman–Crippen LogP) is 4.26. The molecular weight excluding hydrogens is 463 g/mol. The van der Waals surface area contributed by atoms with Crippen LogP contribution in [-0.2, 0) is 20.0 Å². The molecular formula is C24H29FN2O4S2. The Balaban J connectivity index is 1.51. The summed E-state index contributed by atoms with van der Waals surface area (Å²) in [6, 6.07) is 11.7. The van der Waals surface area contributed by atoms with Gasteiger partial charge in [0.25, 0.3) is 0 Å². The lowest BCUT2D eigenvalue weighted by Gasteiger charge is -2.34. The van der Waals surface area contributed by atoms with E-state index in [1.165, 1.54) is 40.7 Å². The van der Waals surface area contributed by atoms with Crippen LogP contribution in [0, 0.1) is 5.82 Å². The zero-order valence-electron chi connectivity index (χ0n) is 18.7. The summed E-state index contributed by atoms with van der Waals surface area (Å²) in [5, 5.41) is 0. The molecule has 0 saturated carbocycles. The molecule has 0 radical (unpaired) electrons. The van der Waals surface area contributed by atoms with Crippen LogP contribution in [0.5, 0.6) is 0 Å². The molecule has 0 spiro atoms. The van der Waals surface area contributed by atoms with Crippen LogP contribution in [0.25, 0.3) is 5.57 Å². The van der Waals surface area contributed by atoms with Gasteiger partial charge in [0.1, 0.15) is 5.82 Å². The maximum absolute atomic E-state index is 13.2. The van der Waals surface area contributed by atoms with Crippen LogP contribution < -0.4 is 0 Å². The molecule has 0 amide bonds. The number of halogens is 1. The van der Waals surface area contributed by atoms with Crippen molar-refractivity contribution >= 4 is 25.6 Å². The molecule has 0 aromatic heterocycles. The van der Waals surface area contributed by atoms with Gasteiger partial charge in [-0.3, -0.25) is 0 Å². The maximum Gasteiger partial charge on any atom is 0.243 e. The molecule has 2 aromatic carbocycles. The zero-order valence-corrected chi connectivity index (χ0v) is 20.3. The molecule has 0 bridgehead atoms. The van der Waals surface area contributed by atoms with Gasteiger partial charge in [-0.1, -0.05) is 31.6 Å². The molecule has 1 unspecified atom stereocenters. The standard InChI is InChI=1S/C24H29FN2O4S2/c1-2-22-5-3-4-16-27(22)33(30,31)24-12-10-23(11-13-24)32(28,29)26-17-14-20(15-18-26)19-6-8-21(25)9-7-19/h6-14,22H,2-5,15-18H2,1H3. The van der Waals surface area contributed by atoms with Crippen LogP contribution in [0.15, 0.2) is 64.4 Å². The summed E-state index contributed by atoms with van der Waals surface area (Å²) in [7, 11) is -7.42. The molecule has 2 heterocycles. The molecule has 9 heteroatoms. The minimum Gasteiger partial charge on any atom is -0.207 e. The third-order valence-electron chi connectivity index (χ3n) is 6.50. The summed E-state index contributed by atoms with van der Waals surface area (Å²) in [6.45, 7) is 3.00. The van der Waals surface area contributed by atoms with Gasteiger partial charge < -0.3 is 0 Å². The van der Waals surface area contributed by atoms with Gasteiger partial charge in [-0.05, 0) is 73.2 Å². The summed E-state index contributed by atoms with van der Waals surface area (Å²) < 4.78 is 68.6. The van der Waals surface area contributed by atoms with Crippen LogP contribution in [0.3, 0.4) is 0 Å². The number of hydrogen-bond acceptors (Lipinski definition) is 4. The summed E-state index contributed by atoms with van der Waals surface area (Å²) in [4.78, 5) is 0.199. The highest BCUT2D eigenvalue weighted by Crippen LogP contribution is 2.29. The Morgan fingerprint density at radius 2 is 1.52 bits per heavy atom. The Hall–Kier alpha value is -2.07. The number of piperidine rings is 1. The minimum atomic E-state index is -3.76. The Morgan fingerprint density at radius 3 is 2.09 bits per heavy atom. The third-order valence-corrected chi connectivity index (χ3v) is 10.3. The molecule has 6 nitrogen and oxygen atoms in total. The highest BCUT2D eigenvalue weighted by atomic mass is 32.2. The van der Waals surface area contributed by atoms with Crippen LogP contribution in [0.4, 0.5) is 4.39 Å². The lowest BCUT2D eigenvalue weighted by Crippen LogP contribution is -2.43. The summed E-state index contributed by atoms with van der Waals surface area (Å²) in [6.07, 6.45) is 5.83. The fourth-order valence-corrected chi connectivity index (χ4v) is 7.71. The topological polar surface area (TPSA) is 74.8 Å². The lowest BCUT2D eigenvalue weighted by molar-refractivity contribution is 0.246. The van der Waals surface area contributed by atoms with Crippen LogP contribution >= 0.6 is 0 Å². The number of sulfonamides is 2. The second-order valence-electron chi connectivity index (χ2n) is 8.49. The number of hydrogen-bond donors (Lipinski definition) is 0. The summed E-state index contributed by atoms with van der Waals surface area (Å²) in [5.41, 5.74) is 1.86. The van der Waals surface area contributed by atoms with Crippen molar-refractivity contribution in [1.82, 2.24) is 8.61 Å². The van der Waals surface area contributed by atoms with E-state index in [0.29, 0.717) is 19.5 Å². The SMILES string of the molecule is CCC1CCCCN1S(=O)(=O)c1ccc(S(=O)(=O)N2CC=C(c3ccc(F)cc3)CC2)cc1. The Morgan fingerprint density at radius 1 is 0.879 bits per heavy atom. The quantitative estimate of drug-likeness (QED) is 0.604. The largest absolute Gasteiger partial charge is 0.243 e. The highest BCUT2D eigenvalue weighted by Gasteiger charge is 2.33. The van der Waals surface area contributed by atoms with Crippen molar-refractivity contribution in [3.8, 4) is 0 Å². The van der Waals surface area contributed by atoms with Crippen molar-refractivity contribution in [3.05, 3.63) is 66.0 Å². The molecule has 2 aliphatic heterocycles. The first-order chi connectivity index (χ1) is 15.7. The van der Waals surface area contributed by atoms with Crippen molar-refractivity contribution in [2.45, 2.75) is 54.9 Å². The molecule has 1 saturated heterocycles. The predicted molar refractivity (Wildman–Crippen MR) is 126 cm³/mol. The molecule has 2 aromatic rings. The normalized spacial score (nSPS) is 21.0. The molecule has 1 atom stereocenters. The van der Waals surface area contributed by atoms with E-state index in [1.807, 2.05) is 13.0 Å². The molecule has 33 heavy (non-hydrogen) atoms. The molecule has 4 rings (SSSR count). The second kappa shape index (κ2) is 9.66. The Labute approximate surface area is 195 Å².